The van der Waals surface area contributed by atoms with E-state index in [1.54, 1.807) is 24.9 Å². The summed E-state index contributed by atoms with van der Waals surface area (Å²) in [5.41, 5.74) is 1.35. The molecule has 0 bridgehead atoms. The van der Waals surface area contributed by atoms with Crippen molar-refractivity contribution in [2.24, 2.45) is 5.16 Å². The molecule has 0 spiro atoms. The maximum absolute atomic E-state index is 8.65. The van der Waals surface area contributed by atoms with Crippen LogP contribution in [0.4, 0.5) is 0 Å². The highest BCUT2D eigenvalue weighted by molar-refractivity contribution is 9.10. The van der Waals surface area contributed by atoms with Gasteiger partial charge in [0, 0.05) is 29.6 Å². The summed E-state index contributed by atoms with van der Waals surface area (Å²) in [7, 11) is 0. The van der Waals surface area contributed by atoms with Gasteiger partial charge in [-0.05, 0) is 43.5 Å². The molecular formula is C10H8Br2N4O. The highest BCUT2D eigenvalue weighted by atomic mass is 79.9. The molecule has 2 aromatic heterocycles. The number of hydrogen-bond acceptors (Lipinski definition) is 4. The summed E-state index contributed by atoms with van der Waals surface area (Å²) in [6.45, 7) is 0.653. The number of aromatic nitrogens is 3. The summed E-state index contributed by atoms with van der Waals surface area (Å²) >= 11 is 6.71. The van der Waals surface area contributed by atoms with Crippen molar-refractivity contribution < 1.29 is 5.21 Å². The Morgan fingerprint density at radius 2 is 2.18 bits per heavy atom. The largest absolute Gasteiger partial charge is 0.409 e. The van der Waals surface area contributed by atoms with E-state index in [2.05, 4.69) is 47.0 Å². The predicted molar refractivity (Wildman–Crippen MR) is 68.3 cm³/mol. The van der Waals surface area contributed by atoms with E-state index in [-0.39, 0.29) is 5.49 Å². The molecule has 7 heteroatoms. The molecule has 0 aliphatic carbocycles. The lowest BCUT2D eigenvalue weighted by Crippen LogP contribution is -2.13. The van der Waals surface area contributed by atoms with Gasteiger partial charge in [0.05, 0.1) is 10.8 Å². The molecule has 1 N–H and O–H groups in total. The Morgan fingerprint density at radius 3 is 2.82 bits per heavy atom. The van der Waals surface area contributed by atoms with E-state index in [1.165, 1.54) is 0 Å². The highest BCUT2D eigenvalue weighted by Gasteiger charge is 2.01. The Bertz CT molecular complexity index is 597. The third-order valence-corrected chi connectivity index (χ3v) is 3.40. The van der Waals surface area contributed by atoms with E-state index in [0.29, 0.717) is 11.0 Å². The lowest BCUT2D eigenvalue weighted by atomic mass is 10.3. The van der Waals surface area contributed by atoms with Crippen molar-refractivity contribution in [2.75, 3.05) is 0 Å². The first kappa shape index (κ1) is 12.3. The predicted octanol–water partition coefficient (Wildman–Crippen LogP) is 2.14. The van der Waals surface area contributed by atoms with Crippen molar-refractivity contribution >= 4 is 31.9 Å². The average molecular weight is 360 g/mol. The van der Waals surface area contributed by atoms with Crippen molar-refractivity contribution in [1.82, 2.24) is 14.5 Å². The van der Waals surface area contributed by atoms with Gasteiger partial charge in [0.2, 0.25) is 5.49 Å². The summed E-state index contributed by atoms with van der Waals surface area (Å²) in [5, 5.41) is 11.7. The topological polar surface area (TPSA) is 63.3 Å². The lowest BCUT2D eigenvalue weighted by Gasteiger charge is -2.07. The maximum Gasteiger partial charge on any atom is 0.208 e. The molecule has 0 amide bonds. The Hall–Kier alpha value is -1.21. The van der Waals surface area contributed by atoms with Crippen molar-refractivity contribution in [3.63, 3.8) is 0 Å². The summed E-state index contributed by atoms with van der Waals surface area (Å²) in [4.78, 5) is 7.99. The molecule has 0 unspecified atom stereocenters. The number of nitrogens with zero attached hydrogens (tertiary/aromatic N) is 4. The Kier molecular flexibility index (Phi) is 3.90. The van der Waals surface area contributed by atoms with Crippen molar-refractivity contribution in [1.29, 1.82) is 0 Å². The number of pyridine rings is 1. The zero-order valence-corrected chi connectivity index (χ0v) is 11.8. The first-order chi connectivity index (χ1) is 8.20. The van der Waals surface area contributed by atoms with Crippen LogP contribution in [0.25, 0.3) is 0 Å². The molecule has 0 atom stereocenters. The Balaban J connectivity index is 2.32. The summed E-state index contributed by atoms with van der Waals surface area (Å²) in [6, 6.07) is 1.93. The molecule has 0 aliphatic heterocycles. The van der Waals surface area contributed by atoms with Gasteiger partial charge in [-0.1, -0.05) is 5.16 Å². The minimum atomic E-state index is 0.259. The van der Waals surface area contributed by atoms with Crippen molar-refractivity contribution in [2.45, 2.75) is 6.54 Å². The van der Waals surface area contributed by atoms with Gasteiger partial charge >= 0.3 is 0 Å². The van der Waals surface area contributed by atoms with Crippen LogP contribution in [0.5, 0.6) is 0 Å². The third kappa shape index (κ3) is 2.92. The van der Waals surface area contributed by atoms with Gasteiger partial charge < -0.3 is 9.77 Å². The van der Waals surface area contributed by atoms with E-state index in [4.69, 9.17) is 5.21 Å². The van der Waals surface area contributed by atoms with E-state index in [9.17, 15) is 0 Å². The molecule has 0 saturated carbocycles. The third-order valence-electron chi connectivity index (χ3n) is 2.13. The zero-order chi connectivity index (χ0) is 12.3. The van der Waals surface area contributed by atoms with E-state index in [0.717, 1.165) is 10.0 Å². The summed E-state index contributed by atoms with van der Waals surface area (Å²) in [5.74, 6) is 0. The monoisotopic (exact) mass is 358 g/mol. The summed E-state index contributed by atoms with van der Waals surface area (Å²) < 4.78 is 3.45. The first-order valence-electron chi connectivity index (χ1n) is 4.69. The van der Waals surface area contributed by atoms with Crippen LogP contribution in [-0.4, -0.2) is 19.7 Å². The standard InChI is InChI=1S/C10H8Br2N4O/c11-8-3-13-2-1-7(8)4-16-5-9(12)10(15-17)14-6-16/h1-3,5-6,17H,4H2/b15-10+. The second kappa shape index (κ2) is 5.42. The normalized spacial score (nSPS) is 11.8. The van der Waals surface area contributed by atoms with Gasteiger partial charge in [-0.15, -0.1) is 0 Å². The number of hydrogen-bond donors (Lipinski definition) is 1. The van der Waals surface area contributed by atoms with Crippen LogP contribution < -0.4 is 5.49 Å². The second-order valence-corrected chi connectivity index (χ2v) is 4.99. The molecule has 88 valence electrons. The molecule has 0 radical (unpaired) electrons. The minimum Gasteiger partial charge on any atom is -0.409 e. The quantitative estimate of drug-likeness (QED) is 0.660. The number of halogens is 2. The van der Waals surface area contributed by atoms with Gasteiger partial charge in [-0.2, -0.15) is 0 Å². The Morgan fingerprint density at radius 1 is 1.35 bits per heavy atom. The van der Waals surface area contributed by atoms with E-state index in [1.807, 2.05) is 10.6 Å². The molecule has 17 heavy (non-hydrogen) atoms. The first-order valence-corrected chi connectivity index (χ1v) is 6.27. The van der Waals surface area contributed by atoms with Crippen LogP contribution in [0.15, 0.2) is 45.1 Å². The van der Waals surface area contributed by atoms with Gasteiger partial charge in [-0.3, -0.25) is 4.98 Å². The van der Waals surface area contributed by atoms with Crippen LogP contribution in [0.1, 0.15) is 5.56 Å². The van der Waals surface area contributed by atoms with Crippen LogP contribution >= 0.6 is 31.9 Å². The highest BCUT2D eigenvalue weighted by Crippen LogP contribution is 2.15. The van der Waals surface area contributed by atoms with E-state index >= 15 is 0 Å². The SMILES string of the molecule is O/N=c1/ncn(Cc2ccncc2Br)cc1Br. The van der Waals surface area contributed by atoms with Crippen LogP contribution in [0, 0.1) is 0 Å². The average Bonchev–Trinajstić information content (AvgIpc) is 2.32. The molecule has 2 heterocycles. The maximum atomic E-state index is 8.65. The lowest BCUT2D eigenvalue weighted by molar-refractivity contribution is 0.297. The molecule has 0 aromatic carbocycles. The van der Waals surface area contributed by atoms with Gasteiger partial charge in [0.25, 0.3) is 0 Å². The van der Waals surface area contributed by atoms with Crippen LogP contribution in [-0.2, 0) is 6.54 Å². The second-order valence-electron chi connectivity index (χ2n) is 3.28. The molecule has 0 saturated heterocycles. The minimum absolute atomic E-state index is 0.259. The smallest absolute Gasteiger partial charge is 0.208 e. The van der Waals surface area contributed by atoms with Crippen molar-refractivity contribution in [3.05, 3.63) is 51.0 Å². The zero-order valence-electron chi connectivity index (χ0n) is 8.59. The fourth-order valence-electron chi connectivity index (χ4n) is 1.32. The van der Waals surface area contributed by atoms with Crippen molar-refractivity contribution in [3.8, 4) is 0 Å². The molecular weight excluding hydrogens is 352 g/mol. The van der Waals surface area contributed by atoms with Gasteiger partial charge in [0.1, 0.15) is 0 Å². The summed E-state index contributed by atoms with van der Waals surface area (Å²) in [6.07, 6.45) is 6.89. The molecule has 2 aromatic rings. The molecule has 0 fully saturated rings. The molecule has 2 rings (SSSR count). The fourth-order valence-corrected chi connectivity index (χ4v) is 2.14. The fraction of sp³-hybridized carbons (Fsp3) is 0.100. The number of rotatable bonds is 2. The molecule has 0 aliphatic rings. The van der Waals surface area contributed by atoms with Crippen LogP contribution in [0.2, 0.25) is 0 Å². The Labute approximate surface area is 114 Å². The van der Waals surface area contributed by atoms with Gasteiger partial charge in [-0.25, -0.2) is 4.98 Å². The van der Waals surface area contributed by atoms with Gasteiger partial charge in [0.15, 0.2) is 0 Å². The molecule has 5 nitrogen and oxygen atoms in total. The van der Waals surface area contributed by atoms with Crippen LogP contribution in [0.3, 0.4) is 0 Å². The van der Waals surface area contributed by atoms with E-state index < -0.39 is 0 Å².